The third kappa shape index (κ3) is 6.30. The molecule has 134 valence electrons. The Balaban J connectivity index is 1.70. The molecule has 2 rings (SSSR count). The highest BCUT2D eigenvalue weighted by molar-refractivity contribution is 5.68. The highest BCUT2D eigenvalue weighted by atomic mass is 16.6. The van der Waals surface area contributed by atoms with Gasteiger partial charge in [0.2, 0.25) is 0 Å². The van der Waals surface area contributed by atoms with Crippen LogP contribution in [0.3, 0.4) is 0 Å². The van der Waals surface area contributed by atoms with Gasteiger partial charge in [0.05, 0.1) is 0 Å². The van der Waals surface area contributed by atoms with Crippen LogP contribution in [0.15, 0.2) is 0 Å². The van der Waals surface area contributed by atoms with Crippen molar-refractivity contribution in [2.24, 2.45) is 5.92 Å². The topological polar surface area (TPSA) is 50.8 Å². The van der Waals surface area contributed by atoms with E-state index in [1.165, 1.54) is 12.8 Å². The average molecular weight is 326 g/mol. The minimum atomic E-state index is -0.419. The van der Waals surface area contributed by atoms with Crippen LogP contribution in [0.5, 0.6) is 0 Å². The second-order valence-corrected chi connectivity index (χ2v) is 8.08. The maximum Gasteiger partial charge on any atom is 0.410 e. The van der Waals surface area contributed by atoms with Crippen LogP contribution in [0.1, 0.15) is 59.8 Å². The van der Waals surface area contributed by atoms with Crippen LogP contribution in [0.2, 0.25) is 0 Å². The molecule has 0 bridgehead atoms. The molecule has 0 aromatic heterocycles. The quantitative estimate of drug-likeness (QED) is 0.814. The number of nitrogens with one attached hydrogen (secondary N) is 1. The first kappa shape index (κ1) is 18.5. The summed E-state index contributed by atoms with van der Waals surface area (Å²) in [6.07, 6.45) is 5.39. The molecule has 1 N–H and O–H groups in total. The Morgan fingerprint density at radius 2 is 2.17 bits per heavy atom. The van der Waals surface area contributed by atoms with Gasteiger partial charge in [-0.3, -0.25) is 0 Å². The lowest BCUT2D eigenvalue weighted by Gasteiger charge is -2.30. The normalized spacial score (nSPS) is 26.5. The lowest BCUT2D eigenvalue weighted by molar-refractivity contribution is 0.0214. The largest absolute Gasteiger partial charge is 0.444 e. The predicted octanol–water partition coefficient (Wildman–Crippen LogP) is 3.18. The smallest absolute Gasteiger partial charge is 0.410 e. The van der Waals surface area contributed by atoms with E-state index in [0.29, 0.717) is 12.1 Å². The molecule has 3 atom stereocenters. The van der Waals surface area contributed by atoms with Gasteiger partial charge in [-0.15, -0.1) is 0 Å². The molecule has 1 amide bonds. The first-order chi connectivity index (χ1) is 10.8. The standard InChI is InChI=1S/C18H34N2O3/c1-14(19-9-7-15-8-11-22-13-15)12-16-6-5-10-20(16)17(21)23-18(2,3)4/h14-16,19H,5-13H2,1-4H3. The van der Waals surface area contributed by atoms with Crippen molar-refractivity contribution in [3.05, 3.63) is 0 Å². The summed E-state index contributed by atoms with van der Waals surface area (Å²) in [6.45, 7) is 11.7. The van der Waals surface area contributed by atoms with Gasteiger partial charge in [0, 0.05) is 31.8 Å². The molecule has 0 radical (unpaired) electrons. The molecule has 5 nitrogen and oxygen atoms in total. The Bertz CT molecular complexity index is 375. The Morgan fingerprint density at radius 1 is 1.39 bits per heavy atom. The number of nitrogens with zero attached hydrogens (tertiary/aromatic N) is 1. The molecule has 2 aliphatic heterocycles. The number of carbonyl (C=O) groups excluding carboxylic acids is 1. The van der Waals surface area contributed by atoms with Crippen molar-refractivity contribution in [2.75, 3.05) is 26.3 Å². The van der Waals surface area contributed by atoms with Crippen molar-refractivity contribution in [2.45, 2.75) is 77.5 Å². The van der Waals surface area contributed by atoms with E-state index in [0.717, 1.165) is 51.5 Å². The Morgan fingerprint density at radius 3 is 2.83 bits per heavy atom. The SMILES string of the molecule is CC(CC1CCCN1C(=O)OC(C)(C)C)NCCC1CCOC1. The van der Waals surface area contributed by atoms with Crippen molar-refractivity contribution >= 4 is 6.09 Å². The van der Waals surface area contributed by atoms with Crippen LogP contribution < -0.4 is 5.32 Å². The van der Waals surface area contributed by atoms with E-state index < -0.39 is 5.60 Å². The second kappa shape index (κ2) is 8.34. The van der Waals surface area contributed by atoms with Crippen molar-refractivity contribution < 1.29 is 14.3 Å². The Kier molecular flexibility index (Phi) is 6.72. The summed E-state index contributed by atoms with van der Waals surface area (Å²) in [4.78, 5) is 14.2. The number of ether oxygens (including phenoxy) is 2. The summed E-state index contributed by atoms with van der Waals surface area (Å²) in [6, 6.07) is 0.729. The number of hydrogen-bond acceptors (Lipinski definition) is 4. The molecule has 0 aliphatic carbocycles. The molecule has 0 aromatic carbocycles. The van der Waals surface area contributed by atoms with Crippen molar-refractivity contribution in [1.29, 1.82) is 0 Å². The molecule has 2 heterocycles. The molecular formula is C18H34N2O3. The minimum absolute atomic E-state index is 0.157. The van der Waals surface area contributed by atoms with Gasteiger partial charge in [0.25, 0.3) is 0 Å². The summed E-state index contributed by atoms with van der Waals surface area (Å²) >= 11 is 0. The van der Waals surface area contributed by atoms with Crippen molar-refractivity contribution in [1.82, 2.24) is 10.2 Å². The van der Waals surface area contributed by atoms with Gasteiger partial charge in [-0.25, -0.2) is 4.79 Å². The summed E-state index contributed by atoms with van der Waals surface area (Å²) in [7, 11) is 0. The fourth-order valence-corrected chi connectivity index (χ4v) is 3.48. The number of hydrogen-bond donors (Lipinski definition) is 1. The number of carbonyl (C=O) groups is 1. The second-order valence-electron chi connectivity index (χ2n) is 8.08. The van der Waals surface area contributed by atoms with Gasteiger partial charge in [0.1, 0.15) is 5.60 Å². The molecule has 23 heavy (non-hydrogen) atoms. The maximum atomic E-state index is 12.3. The molecule has 3 unspecified atom stereocenters. The van der Waals surface area contributed by atoms with E-state index in [4.69, 9.17) is 9.47 Å². The van der Waals surface area contributed by atoms with E-state index in [2.05, 4.69) is 12.2 Å². The van der Waals surface area contributed by atoms with Crippen molar-refractivity contribution in [3.63, 3.8) is 0 Å². The summed E-state index contributed by atoms with van der Waals surface area (Å²) in [5.41, 5.74) is -0.419. The Hall–Kier alpha value is -0.810. The van der Waals surface area contributed by atoms with Gasteiger partial charge < -0.3 is 19.7 Å². The predicted molar refractivity (Wildman–Crippen MR) is 91.6 cm³/mol. The van der Waals surface area contributed by atoms with E-state index in [9.17, 15) is 4.79 Å². The number of likely N-dealkylation sites (tertiary alicyclic amines) is 1. The van der Waals surface area contributed by atoms with Crippen LogP contribution in [0, 0.1) is 5.92 Å². The monoisotopic (exact) mass is 326 g/mol. The van der Waals surface area contributed by atoms with Gasteiger partial charge in [0.15, 0.2) is 0 Å². The zero-order valence-electron chi connectivity index (χ0n) is 15.3. The molecule has 2 saturated heterocycles. The summed E-state index contributed by atoms with van der Waals surface area (Å²) in [5, 5.41) is 3.61. The fourth-order valence-electron chi connectivity index (χ4n) is 3.48. The van der Waals surface area contributed by atoms with Crippen LogP contribution in [-0.4, -0.2) is 55.0 Å². The van der Waals surface area contributed by atoms with Gasteiger partial charge in [-0.1, -0.05) is 0 Å². The van der Waals surface area contributed by atoms with E-state index >= 15 is 0 Å². The molecule has 0 aromatic rings. The third-order valence-electron chi connectivity index (χ3n) is 4.70. The molecule has 2 aliphatic rings. The van der Waals surface area contributed by atoms with Crippen LogP contribution in [0.4, 0.5) is 4.79 Å². The van der Waals surface area contributed by atoms with Gasteiger partial charge in [-0.2, -0.15) is 0 Å². The lowest BCUT2D eigenvalue weighted by Crippen LogP contribution is -2.42. The molecule has 0 spiro atoms. The third-order valence-corrected chi connectivity index (χ3v) is 4.70. The molecule has 0 saturated carbocycles. The minimum Gasteiger partial charge on any atom is -0.444 e. The highest BCUT2D eigenvalue weighted by Gasteiger charge is 2.32. The first-order valence-corrected chi connectivity index (χ1v) is 9.16. The first-order valence-electron chi connectivity index (χ1n) is 9.16. The van der Waals surface area contributed by atoms with Gasteiger partial charge >= 0.3 is 6.09 Å². The lowest BCUT2D eigenvalue weighted by atomic mass is 10.0. The Labute approximate surface area is 141 Å². The zero-order valence-corrected chi connectivity index (χ0v) is 15.3. The van der Waals surface area contributed by atoms with E-state index in [1.807, 2.05) is 25.7 Å². The number of rotatable bonds is 6. The van der Waals surface area contributed by atoms with Crippen LogP contribution >= 0.6 is 0 Å². The molecule has 2 fully saturated rings. The van der Waals surface area contributed by atoms with Crippen LogP contribution in [-0.2, 0) is 9.47 Å². The zero-order chi connectivity index (χ0) is 16.9. The molecule has 5 heteroatoms. The number of amides is 1. The van der Waals surface area contributed by atoms with Crippen molar-refractivity contribution in [3.8, 4) is 0 Å². The summed E-state index contributed by atoms with van der Waals surface area (Å²) < 4.78 is 11.0. The van der Waals surface area contributed by atoms with E-state index in [-0.39, 0.29) is 6.09 Å². The van der Waals surface area contributed by atoms with Gasteiger partial charge in [-0.05, 0) is 72.3 Å². The summed E-state index contributed by atoms with van der Waals surface area (Å²) in [5.74, 6) is 0.722. The highest BCUT2D eigenvalue weighted by Crippen LogP contribution is 2.24. The maximum absolute atomic E-state index is 12.3. The molecular weight excluding hydrogens is 292 g/mol. The van der Waals surface area contributed by atoms with Crippen LogP contribution in [0.25, 0.3) is 0 Å². The fraction of sp³-hybridized carbons (Fsp3) is 0.944. The average Bonchev–Trinajstić information content (AvgIpc) is 3.07. The van der Waals surface area contributed by atoms with E-state index in [1.54, 1.807) is 0 Å².